The van der Waals surface area contributed by atoms with Gasteiger partial charge in [-0.25, -0.2) is 9.78 Å². The standard InChI is InChI=1S/C28H25ClN2O4S/c1-14-11-20-25(36-26(31-20)16-7-10-19-17(12-16)13-21(32)30-19)23(15-5-8-18(29)9-6-15)22(14)24(27(33)34)35-28(2,3)4/h5-12,24H,13H2,1-4H3,(H,30,32)(H,33,34). The van der Waals surface area contributed by atoms with Gasteiger partial charge in [0.25, 0.3) is 0 Å². The molecule has 8 heteroatoms. The molecule has 1 aliphatic heterocycles. The van der Waals surface area contributed by atoms with Gasteiger partial charge in [0.05, 0.1) is 22.2 Å². The van der Waals surface area contributed by atoms with Gasteiger partial charge in [0.2, 0.25) is 5.91 Å². The third kappa shape index (κ3) is 4.62. The summed E-state index contributed by atoms with van der Waals surface area (Å²) in [4.78, 5) is 29.2. The molecule has 1 aliphatic rings. The number of carbonyl (C=O) groups excluding carboxylic acids is 1. The summed E-state index contributed by atoms with van der Waals surface area (Å²) in [6, 6.07) is 15.1. The quantitative estimate of drug-likeness (QED) is 0.295. The lowest BCUT2D eigenvalue weighted by atomic mass is 9.91. The van der Waals surface area contributed by atoms with Crippen LogP contribution in [0.5, 0.6) is 0 Å². The summed E-state index contributed by atoms with van der Waals surface area (Å²) in [5.41, 5.74) is 5.78. The highest BCUT2D eigenvalue weighted by Gasteiger charge is 2.32. The first-order valence-corrected chi connectivity index (χ1v) is 12.7. The minimum Gasteiger partial charge on any atom is -0.479 e. The van der Waals surface area contributed by atoms with Gasteiger partial charge in [0.15, 0.2) is 6.10 Å². The van der Waals surface area contributed by atoms with E-state index in [1.807, 2.05) is 64.1 Å². The Morgan fingerprint density at radius 1 is 1.14 bits per heavy atom. The summed E-state index contributed by atoms with van der Waals surface area (Å²) in [6.07, 6.45) is -0.819. The molecule has 0 radical (unpaired) electrons. The number of hydrogen-bond acceptors (Lipinski definition) is 5. The summed E-state index contributed by atoms with van der Waals surface area (Å²) < 4.78 is 6.94. The summed E-state index contributed by atoms with van der Waals surface area (Å²) in [7, 11) is 0. The van der Waals surface area contributed by atoms with E-state index >= 15 is 0 Å². The van der Waals surface area contributed by atoms with Crippen molar-refractivity contribution in [2.24, 2.45) is 0 Å². The molecular weight excluding hydrogens is 496 g/mol. The highest BCUT2D eigenvalue weighted by molar-refractivity contribution is 7.22. The van der Waals surface area contributed by atoms with Crippen molar-refractivity contribution >= 4 is 50.7 Å². The number of carboxylic acid groups (broad SMARTS) is 1. The fourth-order valence-corrected chi connectivity index (χ4v) is 5.77. The third-order valence-corrected chi connectivity index (χ3v) is 7.39. The van der Waals surface area contributed by atoms with Gasteiger partial charge in [-0.1, -0.05) is 23.7 Å². The zero-order valence-electron chi connectivity index (χ0n) is 20.3. The van der Waals surface area contributed by atoms with Crippen molar-refractivity contribution in [3.05, 3.63) is 70.2 Å². The predicted molar refractivity (Wildman–Crippen MR) is 144 cm³/mol. The number of anilines is 1. The molecule has 1 amide bonds. The molecular formula is C28H25ClN2O4S. The average molecular weight is 521 g/mol. The number of carboxylic acids is 1. The first kappa shape index (κ1) is 24.4. The number of nitrogens with one attached hydrogen (secondary N) is 1. The number of rotatable bonds is 5. The van der Waals surface area contributed by atoms with Gasteiger partial charge in [0, 0.05) is 27.4 Å². The summed E-state index contributed by atoms with van der Waals surface area (Å²) in [5, 5.41) is 14.5. The van der Waals surface area contributed by atoms with E-state index in [9.17, 15) is 14.7 Å². The van der Waals surface area contributed by atoms with Gasteiger partial charge < -0.3 is 15.2 Å². The van der Waals surface area contributed by atoms with Gasteiger partial charge in [-0.15, -0.1) is 11.3 Å². The lowest BCUT2D eigenvalue weighted by molar-refractivity contribution is -0.160. The highest BCUT2D eigenvalue weighted by atomic mass is 35.5. The molecule has 0 bridgehead atoms. The Morgan fingerprint density at radius 2 is 1.83 bits per heavy atom. The Hall–Kier alpha value is -3.26. The lowest BCUT2D eigenvalue weighted by Crippen LogP contribution is -2.28. The molecule has 5 rings (SSSR count). The highest BCUT2D eigenvalue weighted by Crippen LogP contribution is 2.44. The van der Waals surface area contributed by atoms with Gasteiger partial charge in [-0.3, -0.25) is 4.79 Å². The molecule has 184 valence electrons. The fraction of sp³-hybridized carbons (Fsp3) is 0.250. The maximum atomic E-state index is 12.5. The Bertz CT molecular complexity index is 1520. The number of benzene rings is 3. The van der Waals surface area contributed by atoms with Crippen LogP contribution in [0.25, 0.3) is 31.9 Å². The summed E-state index contributed by atoms with van der Waals surface area (Å²) in [5.74, 6) is -1.07. The van der Waals surface area contributed by atoms with E-state index in [4.69, 9.17) is 21.3 Å². The lowest BCUT2D eigenvalue weighted by Gasteiger charge is -2.28. The molecule has 0 fully saturated rings. The molecule has 2 heterocycles. The second-order valence-corrected chi connectivity index (χ2v) is 11.3. The van der Waals surface area contributed by atoms with Crippen LogP contribution in [0.3, 0.4) is 0 Å². The molecule has 1 aromatic heterocycles. The van der Waals surface area contributed by atoms with Crippen LogP contribution in [0.2, 0.25) is 5.02 Å². The Labute approximate surface area is 217 Å². The van der Waals surface area contributed by atoms with E-state index in [0.717, 1.165) is 48.7 Å². The molecule has 6 nitrogen and oxygen atoms in total. The van der Waals surface area contributed by atoms with Crippen LogP contribution in [0.4, 0.5) is 5.69 Å². The van der Waals surface area contributed by atoms with E-state index in [1.165, 1.54) is 11.3 Å². The number of carbonyl (C=O) groups is 2. The van der Waals surface area contributed by atoms with E-state index in [-0.39, 0.29) is 5.91 Å². The second kappa shape index (κ2) is 9.00. The molecule has 2 N–H and O–H groups in total. The maximum absolute atomic E-state index is 12.5. The normalized spacial score (nSPS) is 14.1. The van der Waals surface area contributed by atoms with Gasteiger partial charge in [-0.2, -0.15) is 0 Å². The van der Waals surface area contributed by atoms with Gasteiger partial charge in [-0.05, 0) is 80.8 Å². The number of aromatic nitrogens is 1. The van der Waals surface area contributed by atoms with Crippen molar-refractivity contribution in [1.29, 1.82) is 0 Å². The number of amides is 1. The molecule has 4 aromatic rings. The second-order valence-electron chi connectivity index (χ2n) is 9.90. The number of thiazole rings is 1. The molecule has 1 atom stereocenters. The number of fused-ring (bicyclic) bond motifs is 2. The van der Waals surface area contributed by atoms with Crippen LogP contribution in [0.15, 0.2) is 48.5 Å². The third-order valence-electron chi connectivity index (χ3n) is 6.00. The Morgan fingerprint density at radius 3 is 2.50 bits per heavy atom. The molecule has 3 aromatic carbocycles. The van der Waals surface area contributed by atoms with E-state index in [1.54, 1.807) is 12.1 Å². The van der Waals surface area contributed by atoms with Crippen LogP contribution >= 0.6 is 22.9 Å². The SMILES string of the molecule is Cc1cc2nc(-c3ccc4c(c3)CC(=O)N4)sc2c(-c2ccc(Cl)cc2)c1C(OC(C)(C)C)C(=O)O. The largest absolute Gasteiger partial charge is 0.479 e. The minimum atomic E-state index is -1.16. The van der Waals surface area contributed by atoms with Gasteiger partial charge in [0.1, 0.15) is 5.01 Å². The number of aliphatic carboxylic acids is 1. The predicted octanol–water partition coefficient (Wildman–Crippen LogP) is 7.03. The Balaban J connectivity index is 1.75. The zero-order valence-corrected chi connectivity index (χ0v) is 21.9. The topological polar surface area (TPSA) is 88.5 Å². The van der Waals surface area contributed by atoms with E-state index < -0.39 is 17.7 Å². The number of aryl methyl sites for hydroxylation is 1. The molecule has 0 spiro atoms. The number of hydrogen-bond donors (Lipinski definition) is 2. The number of nitrogens with zero attached hydrogens (tertiary/aromatic N) is 1. The molecule has 36 heavy (non-hydrogen) atoms. The van der Waals surface area contributed by atoms with Crippen molar-refractivity contribution in [3.63, 3.8) is 0 Å². The maximum Gasteiger partial charge on any atom is 0.337 e. The van der Waals surface area contributed by atoms with E-state index in [2.05, 4.69) is 5.32 Å². The van der Waals surface area contributed by atoms with Crippen LogP contribution < -0.4 is 5.32 Å². The molecule has 0 saturated carbocycles. The first-order valence-electron chi connectivity index (χ1n) is 11.5. The summed E-state index contributed by atoms with van der Waals surface area (Å²) in [6.45, 7) is 7.42. The van der Waals surface area contributed by atoms with Crippen LogP contribution in [-0.4, -0.2) is 27.6 Å². The number of halogens is 1. The van der Waals surface area contributed by atoms with Crippen molar-refractivity contribution in [1.82, 2.24) is 4.98 Å². The van der Waals surface area contributed by atoms with Gasteiger partial charge >= 0.3 is 5.97 Å². The van der Waals surface area contributed by atoms with Crippen LogP contribution in [0, 0.1) is 6.92 Å². The average Bonchev–Trinajstić information content (AvgIpc) is 3.38. The summed E-state index contributed by atoms with van der Waals surface area (Å²) >= 11 is 7.67. The molecule has 0 aliphatic carbocycles. The molecule has 1 unspecified atom stereocenters. The van der Waals surface area contributed by atoms with Crippen molar-refractivity contribution in [3.8, 4) is 21.7 Å². The Kier molecular flexibility index (Phi) is 6.11. The van der Waals surface area contributed by atoms with Crippen molar-refractivity contribution < 1.29 is 19.4 Å². The first-order chi connectivity index (χ1) is 17.0. The zero-order chi connectivity index (χ0) is 25.8. The van der Waals surface area contributed by atoms with E-state index in [0.29, 0.717) is 17.0 Å². The fourth-order valence-electron chi connectivity index (χ4n) is 4.52. The van der Waals surface area contributed by atoms with Crippen LogP contribution in [0.1, 0.15) is 43.6 Å². The number of ether oxygens (including phenoxy) is 1. The minimum absolute atomic E-state index is 0.0182. The monoisotopic (exact) mass is 520 g/mol. The molecule has 0 saturated heterocycles. The van der Waals surface area contributed by atoms with Crippen molar-refractivity contribution in [2.75, 3.05) is 5.32 Å². The van der Waals surface area contributed by atoms with Crippen molar-refractivity contribution in [2.45, 2.75) is 45.8 Å². The smallest absolute Gasteiger partial charge is 0.337 e. The van der Waals surface area contributed by atoms with Crippen LogP contribution in [-0.2, 0) is 20.7 Å².